The van der Waals surface area contributed by atoms with Crippen LogP contribution in [-0.2, 0) is 11.3 Å². The van der Waals surface area contributed by atoms with Crippen molar-refractivity contribution in [3.05, 3.63) is 40.3 Å². The van der Waals surface area contributed by atoms with Gasteiger partial charge in [-0.1, -0.05) is 6.07 Å². The molecule has 0 aromatic carbocycles. The van der Waals surface area contributed by atoms with Gasteiger partial charge in [0.05, 0.1) is 25.5 Å². The van der Waals surface area contributed by atoms with E-state index in [0.717, 1.165) is 25.9 Å². The molecular weight excluding hydrogens is 298 g/mol. The highest BCUT2D eigenvalue weighted by molar-refractivity contribution is 7.09. The van der Waals surface area contributed by atoms with Gasteiger partial charge < -0.3 is 14.7 Å². The van der Waals surface area contributed by atoms with E-state index < -0.39 is 6.10 Å². The summed E-state index contributed by atoms with van der Waals surface area (Å²) in [6.07, 6.45) is 5.76. The molecule has 0 spiro atoms. The van der Waals surface area contributed by atoms with Crippen LogP contribution in [0.4, 0.5) is 0 Å². The summed E-state index contributed by atoms with van der Waals surface area (Å²) in [4.78, 5) is 3.53. The van der Waals surface area contributed by atoms with Gasteiger partial charge in [-0.05, 0) is 48.9 Å². The van der Waals surface area contributed by atoms with E-state index in [4.69, 9.17) is 4.74 Å². The van der Waals surface area contributed by atoms with E-state index in [-0.39, 0.29) is 0 Å². The Morgan fingerprint density at radius 2 is 2.32 bits per heavy atom. The van der Waals surface area contributed by atoms with Crippen molar-refractivity contribution in [2.75, 3.05) is 26.2 Å². The Bertz CT molecular complexity index is 522. The van der Waals surface area contributed by atoms with E-state index in [1.165, 1.54) is 10.4 Å². The molecule has 0 amide bonds. The van der Waals surface area contributed by atoms with Crippen molar-refractivity contribution in [1.29, 1.82) is 0 Å². The average Bonchev–Trinajstić information content (AvgIpc) is 3.21. The minimum absolute atomic E-state index is 0.402. The summed E-state index contributed by atoms with van der Waals surface area (Å²) in [5, 5.41) is 19.1. The highest BCUT2D eigenvalue weighted by Crippen LogP contribution is 2.27. The number of ether oxygens (including phenoxy) is 1. The van der Waals surface area contributed by atoms with Gasteiger partial charge in [0.1, 0.15) is 0 Å². The van der Waals surface area contributed by atoms with Crippen LogP contribution >= 0.6 is 11.3 Å². The van der Waals surface area contributed by atoms with E-state index in [0.29, 0.717) is 25.7 Å². The molecule has 0 radical (unpaired) electrons. The minimum Gasteiger partial charge on any atom is -0.389 e. The SMILES string of the molecule is OC(COCc1cccs1)CN1CCC(c2cn[nH]c2)CC1. The molecule has 1 atom stereocenters. The molecule has 1 aliphatic rings. The first-order valence-electron chi connectivity index (χ1n) is 7.80. The Balaban J connectivity index is 1.33. The first-order valence-corrected chi connectivity index (χ1v) is 8.68. The van der Waals surface area contributed by atoms with Crippen LogP contribution in [0, 0.1) is 0 Å². The fraction of sp³-hybridized carbons (Fsp3) is 0.562. The van der Waals surface area contributed by atoms with Crippen LogP contribution in [0.15, 0.2) is 29.9 Å². The van der Waals surface area contributed by atoms with Crippen molar-refractivity contribution in [2.24, 2.45) is 0 Å². The summed E-state index contributed by atoms with van der Waals surface area (Å²) in [7, 11) is 0. The summed E-state index contributed by atoms with van der Waals surface area (Å²) >= 11 is 1.68. The van der Waals surface area contributed by atoms with Crippen molar-refractivity contribution in [3.63, 3.8) is 0 Å². The Kier molecular flexibility index (Phi) is 5.61. The Morgan fingerprint density at radius 1 is 1.45 bits per heavy atom. The number of aliphatic hydroxyl groups excluding tert-OH is 1. The Labute approximate surface area is 134 Å². The molecule has 5 nitrogen and oxygen atoms in total. The largest absolute Gasteiger partial charge is 0.389 e. The second-order valence-electron chi connectivity index (χ2n) is 5.85. The van der Waals surface area contributed by atoms with Gasteiger partial charge >= 0.3 is 0 Å². The number of likely N-dealkylation sites (tertiary alicyclic amines) is 1. The molecule has 2 aromatic heterocycles. The second-order valence-corrected chi connectivity index (χ2v) is 6.89. The first kappa shape index (κ1) is 15.7. The molecule has 0 aliphatic carbocycles. The number of rotatable bonds is 7. The number of aliphatic hydroxyl groups is 1. The van der Waals surface area contributed by atoms with E-state index in [2.05, 4.69) is 21.2 Å². The van der Waals surface area contributed by atoms with Gasteiger partial charge in [0.15, 0.2) is 0 Å². The van der Waals surface area contributed by atoms with E-state index in [1.54, 1.807) is 11.3 Å². The molecule has 1 aliphatic heterocycles. The maximum absolute atomic E-state index is 10.1. The van der Waals surface area contributed by atoms with Crippen LogP contribution in [0.2, 0.25) is 0 Å². The third-order valence-corrected chi connectivity index (χ3v) is 5.03. The van der Waals surface area contributed by atoms with Gasteiger partial charge in [0, 0.05) is 17.6 Å². The maximum atomic E-state index is 10.1. The minimum atomic E-state index is -0.412. The van der Waals surface area contributed by atoms with Crippen molar-refractivity contribution < 1.29 is 9.84 Å². The number of aromatic nitrogens is 2. The molecule has 2 aromatic rings. The molecule has 0 saturated carbocycles. The molecular formula is C16H23N3O2S. The zero-order chi connectivity index (χ0) is 15.2. The van der Waals surface area contributed by atoms with Crippen molar-refractivity contribution in [2.45, 2.75) is 31.5 Å². The summed E-state index contributed by atoms with van der Waals surface area (Å²) in [5.74, 6) is 0.599. The van der Waals surface area contributed by atoms with E-state index in [9.17, 15) is 5.11 Å². The van der Waals surface area contributed by atoms with Gasteiger partial charge in [-0.25, -0.2) is 0 Å². The number of nitrogens with zero attached hydrogens (tertiary/aromatic N) is 2. The van der Waals surface area contributed by atoms with Crippen LogP contribution in [0.1, 0.15) is 29.2 Å². The van der Waals surface area contributed by atoms with Crippen LogP contribution in [0.5, 0.6) is 0 Å². The number of aromatic amines is 1. The quantitative estimate of drug-likeness (QED) is 0.821. The van der Waals surface area contributed by atoms with Crippen LogP contribution in [0.25, 0.3) is 0 Å². The van der Waals surface area contributed by atoms with Crippen molar-refractivity contribution in [3.8, 4) is 0 Å². The lowest BCUT2D eigenvalue weighted by Gasteiger charge is -2.32. The fourth-order valence-corrected chi connectivity index (χ4v) is 3.61. The lowest BCUT2D eigenvalue weighted by atomic mass is 9.91. The number of H-pyrrole nitrogens is 1. The lowest BCUT2D eigenvalue weighted by Crippen LogP contribution is -2.39. The fourth-order valence-electron chi connectivity index (χ4n) is 2.97. The Hall–Kier alpha value is -1.21. The predicted octanol–water partition coefficient (Wildman–Crippen LogP) is 2.23. The number of piperidine rings is 1. The zero-order valence-electron chi connectivity index (χ0n) is 12.6. The number of β-amino-alcohol motifs (C(OH)–C–C–N with tert-alkyl or cyclic N) is 1. The van der Waals surface area contributed by atoms with Gasteiger partial charge in [-0.15, -0.1) is 11.3 Å². The predicted molar refractivity (Wildman–Crippen MR) is 87.0 cm³/mol. The van der Waals surface area contributed by atoms with Crippen LogP contribution < -0.4 is 0 Å². The first-order chi connectivity index (χ1) is 10.8. The molecule has 3 rings (SSSR count). The molecule has 120 valence electrons. The van der Waals surface area contributed by atoms with Gasteiger partial charge in [0.2, 0.25) is 0 Å². The van der Waals surface area contributed by atoms with Gasteiger partial charge in [-0.3, -0.25) is 5.10 Å². The van der Waals surface area contributed by atoms with Gasteiger partial charge in [-0.2, -0.15) is 5.10 Å². The third-order valence-electron chi connectivity index (χ3n) is 4.18. The topological polar surface area (TPSA) is 61.4 Å². The Morgan fingerprint density at radius 3 is 3.00 bits per heavy atom. The summed E-state index contributed by atoms with van der Waals surface area (Å²) in [6.45, 7) is 3.75. The average molecular weight is 321 g/mol. The highest BCUT2D eigenvalue weighted by Gasteiger charge is 2.22. The molecule has 2 N–H and O–H groups in total. The second kappa shape index (κ2) is 7.87. The van der Waals surface area contributed by atoms with E-state index >= 15 is 0 Å². The summed E-state index contributed by atoms with van der Waals surface area (Å²) in [6, 6.07) is 4.07. The monoisotopic (exact) mass is 321 g/mol. The lowest BCUT2D eigenvalue weighted by molar-refractivity contribution is 0.00695. The number of hydrogen-bond donors (Lipinski definition) is 2. The zero-order valence-corrected chi connectivity index (χ0v) is 13.5. The van der Waals surface area contributed by atoms with Gasteiger partial charge in [0.25, 0.3) is 0 Å². The van der Waals surface area contributed by atoms with E-state index in [1.807, 2.05) is 23.8 Å². The molecule has 6 heteroatoms. The molecule has 0 bridgehead atoms. The highest BCUT2D eigenvalue weighted by atomic mass is 32.1. The molecule has 3 heterocycles. The summed E-state index contributed by atoms with van der Waals surface area (Å²) < 4.78 is 5.58. The van der Waals surface area contributed by atoms with Crippen molar-refractivity contribution >= 4 is 11.3 Å². The standard InChI is InChI=1S/C16H23N3O2S/c20-15(11-21-12-16-2-1-7-22-16)10-19-5-3-13(4-6-19)14-8-17-18-9-14/h1-2,7-9,13,15,20H,3-6,10-12H2,(H,17,18). The molecule has 1 saturated heterocycles. The van der Waals surface area contributed by atoms with Crippen LogP contribution in [-0.4, -0.2) is 52.5 Å². The molecule has 1 fully saturated rings. The smallest absolute Gasteiger partial charge is 0.0900 e. The number of nitrogens with one attached hydrogen (secondary N) is 1. The number of thiophene rings is 1. The summed E-state index contributed by atoms with van der Waals surface area (Å²) in [5.41, 5.74) is 1.31. The normalized spacial score (nSPS) is 18.6. The number of hydrogen-bond acceptors (Lipinski definition) is 5. The molecule has 1 unspecified atom stereocenters. The molecule has 22 heavy (non-hydrogen) atoms. The maximum Gasteiger partial charge on any atom is 0.0900 e. The third kappa shape index (κ3) is 4.39. The van der Waals surface area contributed by atoms with Crippen LogP contribution in [0.3, 0.4) is 0 Å². The van der Waals surface area contributed by atoms with Crippen molar-refractivity contribution in [1.82, 2.24) is 15.1 Å².